The predicted molar refractivity (Wildman–Crippen MR) is 83.0 cm³/mol. The van der Waals surface area contributed by atoms with Crippen LogP contribution in [0.15, 0.2) is 6.20 Å². The Morgan fingerprint density at radius 1 is 1.48 bits per heavy atom. The molecule has 1 aromatic heterocycles. The summed E-state index contributed by atoms with van der Waals surface area (Å²) < 4.78 is 7.70. The molecule has 1 aromatic rings. The molecule has 0 saturated heterocycles. The number of aliphatic hydroxyl groups is 1. The number of nitrogens with zero attached hydrogens (tertiary/aromatic N) is 2. The van der Waals surface area contributed by atoms with Gasteiger partial charge in [0.1, 0.15) is 0 Å². The summed E-state index contributed by atoms with van der Waals surface area (Å²) in [6.45, 7) is 5.96. The molecule has 1 fully saturated rings. The molecule has 1 heterocycles. The van der Waals surface area contributed by atoms with Crippen LogP contribution >= 0.6 is 0 Å². The minimum absolute atomic E-state index is 0.328. The number of nitrogens with one attached hydrogen (secondary N) is 1. The fourth-order valence-electron chi connectivity index (χ4n) is 3.02. The Labute approximate surface area is 127 Å². The SMILES string of the molecule is Cc1nn(C)cc1CNCC(O)COC1CCCCC1C. The van der Waals surface area contributed by atoms with E-state index in [4.69, 9.17) is 4.74 Å². The second-order valence-electron chi connectivity index (χ2n) is 6.33. The number of aromatic nitrogens is 2. The van der Waals surface area contributed by atoms with Crippen LogP contribution in [0.3, 0.4) is 0 Å². The summed E-state index contributed by atoms with van der Waals surface area (Å²) in [4.78, 5) is 0. The van der Waals surface area contributed by atoms with Gasteiger partial charge in [0, 0.05) is 31.9 Å². The maximum atomic E-state index is 10.0. The highest BCUT2D eigenvalue weighted by Gasteiger charge is 2.22. The third-order valence-electron chi connectivity index (χ3n) is 4.35. The van der Waals surface area contributed by atoms with Gasteiger partial charge < -0.3 is 15.2 Å². The second kappa shape index (κ2) is 7.92. The Hall–Kier alpha value is -0.910. The molecule has 0 aromatic carbocycles. The molecule has 3 unspecified atom stereocenters. The first-order chi connectivity index (χ1) is 10.1. The summed E-state index contributed by atoms with van der Waals surface area (Å²) in [5, 5.41) is 17.6. The first-order valence-corrected chi connectivity index (χ1v) is 8.05. The molecule has 3 atom stereocenters. The maximum absolute atomic E-state index is 10.0. The third kappa shape index (κ3) is 5.09. The Morgan fingerprint density at radius 2 is 2.24 bits per heavy atom. The molecule has 1 saturated carbocycles. The molecule has 2 rings (SSSR count). The first-order valence-electron chi connectivity index (χ1n) is 8.05. The molecular weight excluding hydrogens is 266 g/mol. The fraction of sp³-hybridized carbons (Fsp3) is 0.812. The average Bonchev–Trinajstić information content (AvgIpc) is 2.76. The lowest BCUT2D eigenvalue weighted by Crippen LogP contribution is -2.34. The molecule has 21 heavy (non-hydrogen) atoms. The van der Waals surface area contributed by atoms with Gasteiger partial charge in [-0.2, -0.15) is 5.10 Å². The zero-order chi connectivity index (χ0) is 15.2. The third-order valence-corrected chi connectivity index (χ3v) is 4.35. The van der Waals surface area contributed by atoms with E-state index >= 15 is 0 Å². The van der Waals surface area contributed by atoms with Crippen molar-refractivity contribution in [2.45, 2.75) is 58.3 Å². The molecule has 0 radical (unpaired) electrons. The van der Waals surface area contributed by atoms with Crippen molar-refractivity contribution >= 4 is 0 Å². The van der Waals surface area contributed by atoms with Gasteiger partial charge in [-0.15, -0.1) is 0 Å². The van der Waals surface area contributed by atoms with Crippen LogP contribution in [0.2, 0.25) is 0 Å². The summed E-state index contributed by atoms with van der Waals surface area (Å²) in [5.41, 5.74) is 2.21. The van der Waals surface area contributed by atoms with Gasteiger partial charge in [0.25, 0.3) is 0 Å². The second-order valence-corrected chi connectivity index (χ2v) is 6.33. The smallest absolute Gasteiger partial charge is 0.0897 e. The zero-order valence-corrected chi connectivity index (χ0v) is 13.5. The summed E-state index contributed by atoms with van der Waals surface area (Å²) >= 11 is 0. The lowest BCUT2D eigenvalue weighted by Gasteiger charge is -2.29. The fourth-order valence-corrected chi connectivity index (χ4v) is 3.02. The van der Waals surface area contributed by atoms with Crippen LogP contribution in [-0.4, -0.2) is 40.2 Å². The Bertz CT molecular complexity index is 433. The van der Waals surface area contributed by atoms with Crippen LogP contribution in [0.25, 0.3) is 0 Å². The molecule has 5 nitrogen and oxygen atoms in total. The van der Waals surface area contributed by atoms with Crippen molar-refractivity contribution in [2.75, 3.05) is 13.2 Å². The van der Waals surface area contributed by atoms with Gasteiger partial charge in [0.15, 0.2) is 0 Å². The number of aliphatic hydroxyl groups excluding tert-OH is 1. The largest absolute Gasteiger partial charge is 0.389 e. The lowest BCUT2D eigenvalue weighted by atomic mass is 9.88. The van der Waals surface area contributed by atoms with E-state index in [0.717, 1.165) is 18.7 Å². The molecule has 5 heteroatoms. The summed E-state index contributed by atoms with van der Waals surface area (Å²) in [7, 11) is 1.92. The van der Waals surface area contributed by atoms with E-state index in [9.17, 15) is 5.11 Å². The van der Waals surface area contributed by atoms with Gasteiger partial charge in [-0.25, -0.2) is 0 Å². The van der Waals surface area contributed by atoms with E-state index in [1.807, 2.05) is 24.9 Å². The van der Waals surface area contributed by atoms with Crippen molar-refractivity contribution in [1.82, 2.24) is 15.1 Å². The number of rotatable bonds is 7. The molecule has 0 bridgehead atoms. The molecule has 120 valence electrons. The first kappa shape index (κ1) is 16.5. The van der Waals surface area contributed by atoms with Gasteiger partial charge in [-0.1, -0.05) is 19.8 Å². The minimum Gasteiger partial charge on any atom is -0.389 e. The minimum atomic E-state index is -0.448. The van der Waals surface area contributed by atoms with Crippen molar-refractivity contribution in [3.05, 3.63) is 17.5 Å². The Balaban J connectivity index is 1.63. The van der Waals surface area contributed by atoms with Crippen molar-refractivity contribution in [3.8, 4) is 0 Å². The van der Waals surface area contributed by atoms with Gasteiger partial charge in [0.2, 0.25) is 0 Å². The van der Waals surface area contributed by atoms with Gasteiger partial charge in [-0.05, 0) is 25.7 Å². The van der Waals surface area contributed by atoms with Gasteiger partial charge in [-0.3, -0.25) is 4.68 Å². The van der Waals surface area contributed by atoms with Crippen LogP contribution in [0.1, 0.15) is 43.9 Å². The summed E-state index contributed by atoms with van der Waals surface area (Å²) in [6.07, 6.45) is 6.84. The van der Waals surface area contributed by atoms with E-state index < -0.39 is 6.10 Å². The molecule has 0 amide bonds. The standard InChI is InChI=1S/C16H29N3O2/c1-12-6-4-5-7-16(12)21-11-15(20)9-17-8-14-10-19(3)18-13(14)2/h10,12,15-17,20H,4-9,11H2,1-3H3. The van der Waals surface area contributed by atoms with Crippen molar-refractivity contribution < 1.29 is 9.84 Å². The molecule has 0 spiro atoms. The monoisotopic (exact) mass is 295 g/mol. The van der Waals surface area contributed by atoms with Gasteiger partial charge in [0.05, 0.1) is 24.5 Å². The number of aryl methyl sites for hydroxylation is 2. The highest BCUT2D eigenvalue weighted by atomic mass is 16.5. The molecule has 0 aliphatic heterocycles. The van der Waals surface area contributed by atoms with Crippen molar-refractivity contribution in [3.63, 3.8) is 0 Å². The number of ether oxygens (including phenoxy) is 1. The molecule has 1 aliphatic rings. The normalized spacial score (nSPS) is 24.2. The lowest BCUT2D eigenvalue weighted by molar-refractivity contribution is -0.0452. The van der Waals surface area contributed by atoms with E-state index in [0.29, 0.717) is 25.2 Å². The van der Waals surface area contributed by atoms with E-state index in [1.54, 1.807) is 0 Å². The predicted octanol–water partition coefficient (Wildman–Crippen LogP) is 1.77. The summed E-state index contributed by atoms with van der Waals surface area (Å²) in [6, 6.07) is 0. The molecular formula is C16H29N3O2. The number of hydrogen-bond acceptors (Lipinski definition) is 4. The highest BCUT2D eigenvalue weighted by Crippen LogP contribution is 2.26. The maximum Gasteiger partial charge on any atom is 0.0897 e. The van der Waals surface area contributed by atoms with Crippen molar-refractivity contribution in [1.29, 1.82) is 0 Å². The van der Waals surface area contributed by atoms with E-state index in [1.165, 1.54) is 24.8 Å². The average molecular weight is 295 g/mol. The van der Waals surface area contributed by atoms with E-state index in [2.05, 4.69) is 17.3 Å². The van der Waals surface area contributed by atoms with Crippen LogP contribution in [0.4, 0.5) is 0 Å². The van der Waals surface area contributed by atoms with Crippen LogP contribution < -0.4 is 5.32 Å². The van der Waals surface area contributed by atoms with Crippen LogP contribution in [-0.2, 0) is 18.3 Å². The zero-order valence-electron chi connectivity index (χ0n) is 13.5. The van der Waals surface area contributed by atoms with Crippen molar-refractivity contribution in [2.24, 2.45) is 13.0 Å². The van der Waals surface area contributed by atoms with Crippen LogP contribution in [0.5, 0.6) is 0 Å². The Kier molecular flexibility index (Phi) is 6.21. The quantitative estimate of drug-likeness (QED) is 0.805. The molecule has 2 N–H and O–H groups in total. The molecule has 1 aliphatic carbocycles. The highest BCUT2D eigenvalue weighted by molar-refractivity contribution is 5.14. The van der Waals surface area contributed by atoms with Crippen LogP contribution in [0, 0.1) is 12.8 Å². The van der Waals surface area contributed by atoms with E-state index in [-0.39, 0.29) is 0 Å². The van der Waals surface area contributed by atoms with Gasteiger partial charge >= 0.3 is 0 Å². The number of hydrogen-bond donors (Lipinski definition) is 2. The summed E-state index contributed by atoms with van der Waals surface area (Å²) in [5.74, 6) is 0.622. The topological polar surface area (TPSA) is 59.3 Å². The Morgan fingerprint density at radius 3 is 2.90 bits per heavy atom.